The summed E-state index contributed by atoms with van der Waals surface area (Å²) in [5.41, 5.74) is 3.70. The summed E-state index contributed by atoms with van der Waals surface area (Å²) in [7, 11) is 5.67. The largest absolute Gasteiger partial charge is 0.496 e. The molecule has 20 heavy (non-hydrogen) atoms. The number of nitrogens with zero attached hydrogens (tertiary/aromatic N) is 2. The van der Waals surface area contributed by atoms with E-state index < -0.39 is 0 Å². The van der Waals surface area contributed by atoms with E-state index in [2.05, 4.69) is 41.7 Å². The molecule has 2 rings (SSSR count). The van der Waals surface area contributed by atoms with E-state index in [9.17, 15) is 0 Å². The minimum atomic E-state index is 0.324. The molecular formula is C16H23N3O. The maximum Gasteiger partial charge on any atom is 0.122 e. The van der Waals surface area contributed by atoms with Gasteiger partial charge in [0.25, 0.3) is 0 Å². The van der Waals surface area contributed by atoms with Crippen molar-refractivity contribution < 1.29 is 4.74 Å². The van der Waals surface area contributed by atoms with Crippen LogP contribution in [0.5, 0.6) is 5.75 Å². The Morgan fingerprint density at radius 2 is 2.20 bits per heavy atom. The van der Waals surface area contributed by atoms with Gasteiger partial charge in [-0.25, -0.2) is 0 Å². The highest BCUT2D eigenvalue weighted by Crippen LogP contribution is 2.25. The number of aryl methyl sites for hydroxylation is 3. The monoisotopic (exact) mass is 273 g/mol. The Hall–Kier alpha value is -1.81. The molecule has 1 aromatic carbocycles. The topological polar surface area (TPSA) is 39.1 Å². The Morgan fingerprint density at radius 1 is 1.40 bits per heavy atom. The third-order valence-corrected chi connectivity index (χ3v) is 3.66. The molecule has 2 aromatic rings. The van der Waals surface area contributed by atoms with E-state index in [1.165, 1.54) is 16.7 Å². The van der Waals surface area contributed by atoms with E-state index in [0.717, 1.165) is 18.6 Å². The van der Waals surface area contributed by atoms with Crippen LogP contribution in [0.4, 0.5) is 0 Å². The van der Waals surface area contributed by atoms with Gasteiger partial charge in [-0.3, -0.25) is 4.68 Å². The molecular weight excluding hydrogens is 250 g/mol. The second-order valence-electron chi connectivity index (χ2n) is 5.13. The summed E-state index contributed by atoms with van der Waals surface area (Å²) in [6.45, 7) is 2.06. The number of methoxy groups -OCH3 is 1. The van der Waals surface area contributed by atoms with Gasteiger partial charge in [0.2, 0.25) is 0 Å². The predicted octanol–water partition coefficient (Wildman–Crippen LogP) is 2.63. The Bertz CT molecular complexity index is 563. The molecule has 0 aliphatic rings. The fraction of sp³-hybridized carbons (Fsp3) is 0.438. The van der Waals surface area contributed by atoms with Crippen LogP contribution in [0.15, 0.2) is 30.6 Å². The zero-order valence-electron chi connectivity index (χ0n) is 12.7. The standard InChI is InChI=1S/C16H23N3O/c1-12-5-7-14(9-16(12)20-4)15(17-2)8-6-13-10-18-19(3)11-13/h5,7,9-11,15,17H,6,8H2,1-4H3. The molecule has 108 valence electrons. The van der Waals surface area contributed by atoms with Crippen molar-refractivity contribution in [2.24, 2.45) is 7.05 Å². The van der Waals surface area contributed by atoms with E-state index in [-0.39, 0.29) is 0 Å². The van der Waals surface area contributed by atoms with Crippen molar-refractivity contribution in [3.05, 3.63) is 47.3 Å². The van der Waals surface area contributed by atoms with Gasteiger partial charge < -0.3 is 10.1 Å². The molecule has 1 atom stereocenters. The number of aromatic nitrogens is 2. The smallest absolute Gasteiger partial charge is 0.122 e. The van der Waals surface area contributed by atoms with Crippen LogP contribution in [0.25, 0.3) is 0 Å². The zero-order chi connectivity index (χ0) is 14.5. The lowest BCUT2D eigenvalue weighted by atomic mass is 9.99. The lowest BCUT2D eigenvalue weighted by Crippen LogP contribution is -2.17. The van der Waals surface area contributed by atoms with Crippen molar-refractivity contribution >= 4 is 0 Å². The van der Waals surface area contributed by atoms with Crippen molar-refractivity contribution in [3.8, 4) is 5.75 Å². The maximum atomic E-state index is 5.41. The molecule has 0 fully saturated rings. The molecule has 0 amide bonds. The number of rotatable bonds is 6. The van der Waals surface area contributed by atoms with Crippen molar-refractivity contribution in [1.29, 1.82) is 0 Å². The first-order valence-electron chi connectivity index (χ1n) is 6.93. The summed E-state index contributed by atoms with van der Waals surface area (Å²) in [6, 6.07) is 6.73. The minimum Gasteiger partial charge on any atom is -0.496 e. The van der Waals surface area contributed by atoms with Crippen LogP contribution in [0.2, 0.25) is 0 Å². The maximum absolute atomic E-state index is 5.41. The first-order valence-corrected chi connectivity index (χ1v) is 6.93. The summed E-state index contributed by atoms with van der Waals surface area (Å²) in [4.78, 5) is 0. The molecule has 0 bridgehead atoms. The van der Waals surface area contributed by atoms with Gasteiger partial charge in [0, 0.05) is 19.3 Å². The van der Waals surface area contributed by atoms with Crippen molar-refractivity contribution in [1.82, 2.24) is 15.1 Å². The van der Waals surface area contributed by atoms with Crippen LogP contribution in [-0.4, -0.2) is 23.9 Å². The van der Waals surface area contributed by atoms with Gasteiger partial charge >= 0.3 is 0 Å². The van der Waals surface area contributed by atoms with Crippen molar-refractivity contribution in [3.63, 3.8) is 0 Å². The van der Waals surface area contributed by atoms with E-state index >= 15 is 0 Å². The van der Waals surface area contributed by atoms with Crippen LogP contribution in [-0.2, 0) is 13.5 Å². The summed E-state index contributed by atoms with van der Waals surface area (Å²) in [5.74, 6) is 0.948. The second kappa shape index (κ2) is 6.57. The van der Waals surface area contributed by atoms with E-state index in [1.54, 1.807) is 7.11 Å². The average Bonchev–Trinajstić information content (AvgIpc) is 2.86. The first-order chi connectivity index (χ1) is 9.63. The SMILES string of the molecule is CNC(CCc1cnn(C)c1)c1ccc(C)c(OC)c1. The van der Waals surface area contributed by atoms with Gasteiger partial charge in [-0.05, 0) is 49.6 Å². The van der Waals surface area contributed by atoms with Crippen molar-refractivity contribution in [2.45, 2.75) is 25.8 Å². The number of hydrogen-bond acceptors (Lipinski definition) is 3. The molecule has 1 unspecified atom stereocenters. The lowest BCUT2D eigenvalue weighted by Gasteiger charge is -2.18. The second-order valence-corrected chi connectivity index (χ2v) is 5.13. The van der Waals surface area contributed by atoms with Gasteiger partial charge in [-0.2, -0.15) is 5.10 Å². The molecule has 0 aliphatic heterocycles. The van der Waals surface area contributed by atoms with Crippen LogP contribution in [0, 0.1) is 6.92 Å². The van der Waals surface area contributed by atoms with E-state index in [1.807, 2.05) is 25.0 Å². The highest BCUT2D eigenvalue weighted by atomic mass is 16.5. The van der Waals surface area contributed by atoms with Gasteiger partial charge in [0.1, 0.15) is 5.75 Å². The predicted molar refractivity (Wildman–Crippen MR) is 81.1 cm³/mol. The highest BCUT2D eigenvalue weighted by molar-refractivity contribution is 5.37. The van der Waals surface area contributed by atoms with Gasteiger partial charge in [0.15, 0.2) is 0 Å². The highest BCUT2D eigenvalue weighted by Gasteiger charge is 2.11. The molecule has 0 radical (unpaired) electrons. The van der Waals surface area contributed by atoms with Crippen LogP contribution in [0.3, 0.4) is 0 Å². The molecule has 0 aliphatic carbocycles. The van der Waals surface area contributed by atoms with Crippen LogP contribution in [0.1, 0.15) is 29.2 Å². The minimum absolute atomic E-state index is 0.324. The first kappa shape index (κ1) is 14.6. The molecule has 1 heterocycles. The third kappa shape index (κ3) is 3.39. The van der Waals surface area contributed by atoms with Gasteiger partial charge in [0.05, 0.1) is 13.3 Å². The molecule has 4 nitrogen and oxygen atoms in total. The number of benzene rings is 1. The summed E-state index contributed by atoms with van der Waals surface area (Å²) >= 11 is 0. The van der Waals surface area contributed by atoms with Crippen LogP contribution < -0.4 is 10.1 Å². The molecule has 0 saturated carbocycles. The summed E-state index contributed by atoms with van der Waals surface area (Å²) in [5, 5.41) is 7.59. The lowest BCUT2D eigenvalue weighted by molar-refractivity contribution is 0.409. The Balaban J connectivity index is 2.07. The van der Waals surface area contributed by atoms with Gasteiger partial charge in [-0.15, -0.1) is 0 Å². The quantitative estimate of drug-likeness (QED) is 0.879. The number of nitrogens with one attached hydrogen (secondary N) is 1. The Kier molecular flexibility index (Phi) is 4.79. The number of hydrogen-bond donors (Lipinski definition) is 1. The molecule has 0 spiro atoms. The third-order valence-electron chi connectivity index (χ3n) is 3.66. The fourth-order valence-corrected chi connectivity index (χ4v) is 2.44. The normalized spacial score (nSPS) is 12.4. The Labute approximate surface area is 120 Å². The summed E-state index contributed by atoms with van der Waals surface area (Å²) < 4.78 is 7.25. The molecule has 1 N–H and O–H groups in total. The van der Waals surface area contributed by atoms with E-state index in [4.69, 9.17) is 4.74 Å². The van der Waals surface area contributed by atoms with E-state index in [0.29, 0.717) is 6.04 Å². The fourth-order valence-electron chi connectivity index (χ4n) is 2.44. The molecule has 1 aromatic heterocycles. The summed E-state index contributed by atoms with van der Waals surface area (Å²) in [6.07, 6.45) is 6.05. The molecule has 4 heteroatoms. The Morgan fingerprint density at radius 3 is 2.80 bits per heavy atom. The zero-order valence-corrected chi connectivity index (χ0v) is 12.7. The average molecular weight is 273 g/mol. The van der Waals surface area contributed by atoms with Crippen molar-refractivity contribution in [2.75, 3.05) is 14.2 Å². The molecule has 0 saturated heterocycles. The van der Waals surface area contributed by atoms with Crippen LogP contribution >= 0.6 is 0 Å². The number of ether oxygens (including phenoxy) is 1. The van der Waals surface area contributed by atoms with Gasteiger partial charge in [-0.1, -0.05) is 12.1 Å².